The summed E-state index contributed by atoms with van der Waals surface area (Å²) in [6.45, 7) is 2.75. The molecule has 0 N–H and O–H groups in total. The lowest BCUT2D eigenvalue weighted by Crippen LogP contribution is -1.99. The number of hydrogen-bond acceptors (Lipinski definition) is 1. The minimum atomic E-state index is -0.621. The third kappa shape index (κ3) is 10.3. The van der Waals surface area contributed by atoms with Crippen LogP contribution in [0.2, 0.25) is 0 Å². The molecule has 0 bridgehead atoms. The van der Waals surface area contributed by atoms with Crippen molar-refractivity contribution in [3.63, 3.8) is 0 Å². The molecule has 0 amide bonds. The number of hydrogen-bond donors (Lipinski definition) is 0. The Kier molecular flexibility index (Phi) is 11.5. The van der Waals surface area contributed by atoms with Crippen LogP contribution in [-0.4, -0.2) is 6.61 Å². The van der Waals surface area contributed by atoms with Crippen LogP contribution < -0.4 is 4.74 Å². The Bertz CT molecular complexity index is 407. The van der Waals surface area contributed by atoms with Gasteiger partial charge in [-0.05, 0) is 18.6 Å². The summed E-state index contributed by atoms with van der Waals surface area (Å²) in [5, 5.41) is 0. The van der Waals surface area contributed by atoms with Crippen LogP contribution in [0, 0.1) is 11.6 Å². The van der Waals surface area contributed by atoms with Crippen molar-refractivity contribution in [3.8, 4) is 5.75 Å². The molecule has 3 heteroatoms. The maximum absolute atomic E-state index is 13.3. The number of benzene rings is 1. The van der Waals surface area contributed by atoms with Crippen LogP contribution in [0.5, 0.6) is 5.75 Å². The van der Waals surface area contributed by atoms with Gasteiger partial charge in [-0.15, -0.1) is 0 Å². The molecule has 0 heterocycles. The van der Waals surface area contributed by atoms with E-state index in [0.717, 1.165) is 18.9 Å². The van der Waals surface area contributed by atoms with E-state index in [1.165, 1.54) is 76.3 Å². The van der Waals surface area contributed by atoms with E-state index >= 15 is 0 Å². The van der Waals surface area contributed by atoms with Crippen LogP contribution in [0.4, 0.5) is 8.78 Å². The van der Waals surface area contributed by atoms with Gasteiger partial charge in [0.1, 0.15) is 5.82 Å². The largest absolute Gasteiger partial charge is 0.491 e. The van der Waals surface area contributed by atoms with Gasteiger partial charge >= 0.3 is 0 Å². The van der Waals surface area contributed by atoms with Crippen LogP contribution in [0.25, 0.3) is 0 Å². The molecule has 0 unspecified atom stereocenters. The van der Waals surface area contributed by atoms with E-state index in [0.29, 0.717) is 6.61 Å². The van der Waals surface area contributed by atoms with E-state index < -0.39 is 11.6 Å². The molecule has 0 saturated heterocycles. The molecule has 0 radical (unpaired) electrons. The Hall–Kier alpha value is -1.12. The average Bonchev–Trinajstić information content (AvgIpc) is 2.53. The van der Waals surface area contributed by atoms with Crippen molar-refractivity contribution in [2.24, 2.45) is 0 Å². The lowest BCUT2D eigenvalue weighted by molar-refractivity contribution is 0.289. The smallest absolute Gasteiger partial charge is 0.167 e. The summed E-state index contributed by atoms with van der Waals surface area (Å²) in [6, 6.07) is 3.43. The van der Waals surface area contributed by atoms with Gasteiger partial charge in [0.2, 0.25) is 0 Å². The molecule has 0 aliphatic carbocycles. The SMILES string of the molecule is CCCCCCCCCCCCCCOc1ccc(F)cc1F. The van der Waals surface area contributed by atoms with Crippen molar-refractivity contribution < 1.29 is 13.5 Å². The molecule has 23 heavy (non-hydrogen) atoms. The van der Waals surface area contributed by atoms with Crippen LogP contribution in [0.3, 0.4) is 0 Å². The van der Waals surface area contributed by atoms with E-state index in [1.807, 2.05) is 0 Å². The molecule has 1 nitrogen and oxygen atoms in total. The second-order valence-electron chi connectivity index (χ2n) is 6.31. The van der Waals surface area contributed by atoms with Gasteiger partial charge in [-0.3, -0.25) is 0 Å². The Labute approximate surface area is 140 Å². The van der Waals surface area contributed by atoms with E-state index in [-0.39, 0.29) is 5.75 Å². The highest BCUT2D eigenvalue weighted by molar-refractivity contribution is 5.24. The second kappa shape index (κ2) is 13.3. The molecule has 1 aromatic carbocycles. The topological polar surface area (TPSA) is 9.23 Å². The number of ether oxygens (including phenoxy) is 1. The highest BCUT2D eigenvalue weighted by atomic mass is 19.1. The van der Waals surface area contributed by atoms with Gasteiger partial charge < -0.3 is 4.74 Å². The number of halogens is 2. The Morgan fingerprint density at radius 3 is 1.78 bits per heavy atom. The first-order valence-corrected chi connectivity index (χ1v) is 9.32. The monoisotopic (exact) mass is 326 g/mol. The van der Waals surface area contributed by atoms with Crippen molar-refractivity contribution in [1.82, 2.24) is 0 Å². The maximum atomic E-state index is 13.3. The first-order chi connectivity index (χ1) is 11.2. The fourth-order valence-electron chi connectivity index (χ4n) is 2.72. The molecule has 0 aromatic heterocycles. The lowest BCUT2D eigenvalue weighted by atomic mass is 10.1. The Morgan fingerprint density at radius 2 is 1.26 bits per heavy atom. The maximum Gasteiger partial charge on any atom is 0.167 e. The fourth-order valence-corrected chi connectivity index (χ4v) is 2.72. The molecule has 0 spiro atoms. The predicted octanol–water partition coefficient (Wildman–Crippen LogP) is 7.04. The quantitative estimate of drug-likeness (QED) is 0.333. The fraction of sp³-hybridized carbons (Fsp3) is 0.700. The van der Waals surface area contributed by atoms with E-state index in [4.69, 9.17) is 4.74 Å². The average molecular weight is 326 g/mol. The van der Waals surface area contributed by atoms with Crippen molar-refractivity contribution in [2.45, 2.75) is 84.0 Å². The molecule has 1 aromatic rings. The normalized spacial score (nSPS) is 10.9. The van der Waals surface area contributed by atoms with Gasteiger partial charge in [0, 0.05) is 6.07 Å². The summed E-state index contributed by atoms with van der Waals surface area (Å²) in [5.41, 5.74) is 0. The summed E-state index contributed by atoms with van der Waals surface area (Å²) in [5.74, 6) is -1.04. The van der Waals surface area contributed by atoms with Crippen molar-refractivity contribution >= 4 is 0 Å². The molecule has 0 aliphatic heterocycles. The summed E-state index contributed by atoms with van der Waals surface area (Å²) in [6.07, 6.45) is 15.4. The molecule has 1 rings (SSSR count). The molecule has 0 atom stereocenters. The Balaban J connectivity index is 1.86. The van der Waals surface area contributed by atoms with E-state index in [1.54, 1.807) is 0 Å². The van der Waals surface area contributed by atoms with Crippen LogP contribution >= 0.6 is 0 Å². The molecular formula is C20H32F2O. The summed E-state index contributed by atoms with van der Waals surface area (Å²) >= 11 is 0. The zero-order chi connectivity index (χ0) is 16.8. The zero-order valence-electron chi connectivity index (χ0n) is 14.6. The van der Waals surface area contributed by atoms with Crippen LogP contribution in [-0.2, 0) is 0 Å². The zero-order valence-corrected chi connectivity index (χ0v) is 14.6. The third-order valence-corrected chi connectivity index (χ3v) is 4.15. The summed E-state index contributed by atoms with van der Waals surface area (Å²) < 4.78 is 31.4. The van der Waals surface area contributed by atoms with E-state index in [2.05, 4.69) is 6.92 Å². The first kappa shape index (κ1) is 19.9. The highest BCUT2D eigenvalue weighted by Gasteiger charge is 2.04. The minimum Gasteiger partial charge on any atom is -0.491 e. The highest BCUT2D eigenvalue weighted by Crippen LogP contribution is 2.18. The van der Waals surface area contributed by atoms with Gasteiger partial charge in [-0.1, -0.05) is 77.6 Å². The van der Waals surface area contributed by atoms with Gasteiger partial charge in [0.05, 0.1) is 6.61 Å². The predicted molar refractivity (Wildman–Crippen MR) is 92.9 cm³/mol. The van der Waals surface area contributed by atoms with Crippen LogP contribution in [0.15, 0.2) is 18.2 Å². The molecular weight excluding hydrogens is 294 g/mol. The summed E-state index contributed by atoms with van der Waals surface area (Å²) in [7, 11) is 0. The lowest BCUT2D eigenvalue weighted by Gasteiger charge is -2.07. The van der Waals surface area contributed by atoms with Gasteiger partial charge in [0.25, 0.3) is 0 Å². The molecule has 132 valence electrons. The number of unbranched alkanes of at least 4 members (excludes halogenated alkanes) is 11. The number of rotatable bonds is 14. The van der Waals surface area contributed by atoms with Crippen molar-refractivity contribution in [1.29, 1.82) is 0 Å². The van der Waals surface area contributed by atoms with Gasteiger partial charge in [0.15, 0.2) is 11.6 Å². The summed E-state index contributed by atoms with van der Waals surface area (Å²) in [4.78, 5) is 0. The molecule has 0 fully saturated rings. The van der Waals surface area contributed by atoms with Gasteiger partial charge in [-0.25, -0.2) is 8.78 Å². The third-order valence-electron chi connectivity index (χ3n) is 4.15. The second-order valence-corrected chi connectivity index (χ2v) is 6.31. The van der Waals surface area contributed by atoms with Crippen LogP contribution in [0.1, 0.15) is 84.0 Å². The standard InChI is InChI=1S/C20H32F2O/c1-2-3-4-5-6-7-8-9-10-11-12-13-16-23-20-15-14-18(21)17-19(20)22/h14-15,17H,2-13,16H2,1H3. The first-order valence-electron chi connectivity index (χ1n) is 9.32. The molecule has 0 aliphatic rings. The van der Waals surface area contributed by atoms with Crippen molar-refractivity contribution in [3.05, 3.63) is 29.8 Å². The Morgan fingerprint density at radius 1 is 0.739 bits per heavy atom. The molecule has 0 saturated carbocycles. The minimum absolute atomic E-state index is 0.148. The van der Waals surface area contributed by atoms with Gasteiger partial charge in [-0.2, -0.15) is 0 Å². The van der Waals surface area contributed by atoms with E-state index in [9.17, 15) is 8.78 Å². The van der Waals surface area contributed by atoms with Crippen molar-refractivity contribution in [2.75, 3.05) is 6.61 Å².